The quantitative estimate of drug-likeness (QED) is 0.696. The van der Waals surface area contributed by atoms with E-state index in [0.717, 1.165) is 11.3 Å². The van der Waals surface area contributed by atoms with Gasteiger partial charge in [-0.25, -0.2) is 0 Å². The predicted octanol–water partition coefficient (Wildman–Crippen LogP) is 3.33. The molecule has 0 saturated heterocycles. The van der Waals surface area contributed by atoms with Crippen LogP contribution in [0.2, 0.25) is 0 Å². The number of Topliss-reactive ketones (excluding diaryl/α,β-unsaturated/α-hetero) is 1. The summed E-state index contributed by atoms with van der Waals surface area (Å²) in [6.07, 6.45) is 0.809. The van der Waals surface area contributed by atoms with Gasteiger partial charge in [-0.3, -0.25) is 4.79 Å². The van der Waals surface area contributed by atoms with Crippen LogP contribution >= 0.6 is 11.8 Å². The zero-order valence-corrected chi connectivity index (χ0v) is 11.5. The Kier molecular flexibility index (Phi) is 6.30. The first-order valence-corrected chi connectivity index (χ1v) is 6.83. The summed E-state index contributed by atoms with van der Waals surface area (Å²) in [5, 5.41) is 0. The van der Waals surface area contributed by atoms with Gasteiger partial charge in [0.2, 0.25) is 0 Å². The van der Waals surface area contributed by atoms with Gasteiger partial charge in [-0.05, 0) is 25.5 Å². The summed E-state index contributed by atoms with van der Waals surface area (Å²) in [6.45, 7) is 4.69. The van der Waals surface area contributed by atoms with Gasteiger partial charge in [0.25, 0.3) is 0 Å². The first kappa shape index (κ1) is 14.3. The van der Waals surface area contributed by atoms with Gasteiger partial charge in [-0.2, -0.15) is 0 Å². The number of rotatable bonds is 7. The summed E-state index contributed by atoms with van der Waals surface area (Å²) in [5.74, 6) is 0.939. The maximum atomic E-state index is 11.8. The van der Waals surface area contributed by atoms with E-state index in [-0.39, 0.29) is 5.92 Å². The number of methoxy groups -OCH3 is 1. The average Bonchev–Trinajstić information content (AvgIpc) is 2.34. The minimum absolute atomic E-state index is 0.0906. The Bertz CT molecular complexity index is 346. The topological polar surface area (TPSA) is 26.3 Å². The Balaban J connectivity index is 2.34. The van der Waals surface area contributed by atoms with Crippen molar-refractivity contribution in [2.24, 2.45) is 5.92 Å². The number of hydrogen-bond acceptors (Lipinski definition) is 3. The molecule has 0 aliphatic carbocycles. The van der Waals surface area contributed by atoms with Crippen LogP contribution in [-0.4, -0.2) is 25.3 Å². The molecular formula is C14H20O2S. The average molecular weight is 252 g/mol. The minimum Gasteiger partial charge on any atom is -0.385 e. The molecule has 0 aliphatic heterocycles. The molecule has 0 saturated carbocycles. The first-order chi connectivity index (χ1) is 8.13. The molecule has 1 aromatic rings. The lowest BCUT2D eigenvalue weighted by Gasteiger charge is -2.09. The van der Waals surface area contributed by atoms with Gasteiger partial charge in [-0.1, -0.05) is 24.6 Å². The molecule has 1 atom stereocenters. The van der Waals surface area contributed by atoms with Crippen LogP contribution in [0, 0.1) is 12.8 Å². The van der Waals surface area contributed by atoms with Gasteiger partial charge in [0, 0.05) is 24.5 Å². The maximum absolute atomic E-state index is 11.8. The number of benzene rings is 1. The lowest BCUT2D eigenvalue weighted by molar-refractivity contribution is -0.120. The molecule has 1 rings (SSSR count). The molecule has 0 bridgehead atoms. The van der Waals surface area contributed by atoms with E-state index in [1.54, 1.807) is 18.9 Å². The number of ether oxygens (including phenoxy) is 1. The van der Waals surface area contributed by atoms with Crippen molar-refractivity contribution in [3.05, 3.63) is 29.8 Å². The second-order valence-corrected chi connectivity index (χ2v) is 5.30. The predicted molar refractivity (Wildman–Crippen MR) is 72.6 cm³/mol. The van der Waals surface area contributed by atoms with E-state index in [9.17, 15) is 4.79 Å². The van der Waals surface area contributed by atoms with Crippen molar-refractivity contribution in [3.63, 3.8) is 0 Å². The SMILES string of the molecule is COCCC(C)C(=O)CSc1ccc(C)cc1. The van der Waals surface area contributed by atoms with Crippen molar-refractivity contribution in [1.29, 1.82) is 0 Å². The second kappa shape index (κ2) is 7.51. The van der Waals surface area contributed by atoms with Gasteiger partial charge in [-0.15, -0.1) is 11.8 Å². The molecule has 1 aromatic carbocycles. The smallest absolute Gasteiger partial charge is 0.145 e. The standard InChI is InChI=1S/C14H20O2S/c1-11-4-6-13(7-5-11)17-10-14(15)12(2)8-9-16-3/h4-7,12H,8-10H2,1-3H3. The minimum atomic E-state index is 0.0906. The first-order valence-electron chi connectivity index (χ1n) is 5.84. The summed E-state index contributed by atoms with van der Waals surface area (Å²) in [4.78, 5) is 13.0. The van der Waals surface area contributed by atoms with Crippen LogP contribution in [-0.2, 0) is 9.53 Å². The summed E-state index contributed by atoms with van der Waals surface area (Å²) in [5.41, 5.74) is 1.24. The second-order valence-electron chi connectivity index (χ2n) is 4.25. The molecule has 0 spiro atoms. The third-order valence-electron chi connectivity index (χ3n) is 2.71. The highest BCUT2D eigenvalue weighted by Gasteiger charge is 2.12. The highest BCUT2D eigenvalue weighted by Crippen LogP contribution is 2.20. The summed E-state index contributed by atoms with van der Waals surface area (Å²) >= 11 is 1.61. The molecule has 0 aliphatic rings. The Morgan fingerprint density at radius 3 is 2.59 bits per heavy atom. The summed E-state index contributed by atoms with van der Waals surface area (Å²) in [7, 11) is 1.66. The summed E-state index contributed by atoms with van der Waals surface area (Å²) in [6, 6.07) is 8.27. The molecular weight excluding hydrogens is 232 g/mol. The van der Waals surface area contributed by atoms with Crippen molar-refractivity contribution in [2.45, 2.75) is 25.2 Å². The van der Waals surface area contributed by atoms with Crippen LogP contribution in [0.15, 0.2) is 29.2 Å². The third-order valence-corrected chi connectivity index (χ3v) is 3.74. The summed E-state index contributed by atoms with van der Waals surface area (Å²) < 4.78 is 4.98. The fourth-order valence-corrected chi connectivity index (χ4v) is 2.31. The van der Waals surface area contributed by atoms with E-state index in [0.29, 0.717) is 18.1 Å². The molecule has 0 amide bonds. The fraction of sp³-hybridized carbons (Fsp3) is 0.500. The van der Waals surface area contributed by atoms with Crippen LogP contribution in [0.1, 0.15) is 18.9 Å². The van der Waals surface area contributed by atoms with Gasteiger partial charge in [0.15, 0.2) is 0 Å². The van der Waals surface area contributed by atoms with Crippen molar-refractivity contribution >= 4 is 17.5 Å². The van der Waals surface area contributed by atoms with E-state index in [1.807, 2.05) is 6.92 Å². The lowest BCUT2D eigenvalue weighted by atomic mass is 10.1. The van der Waals surface area contributed by atoms with Crippen molar-refractivity contribution in [3.8, 4) is 0 Å². The molecule has 2 nitrogen and oxygen atoms in total. The molecule has 1 unspecified atom stereocenters. The van der Waals surface area contributed by atoms with Gasteiger partial charge in [0.1, 0.15) is 5.78 Å². The van der Waals surface area contributed by atoms with E-state index >= 15 is 0 Å². The Hall–Kier alpha value is -0.800. The van der Waals surface area contributed by atoms with Crippen LogP contribution < -0.4 is 0 Å². The molecule has 3 heteroatoms. The van der Waals surface area contributed by atoms with Gasteiger partial charge >= 0.3 is 0 Å². The highest BCUT2D eigenvalue weighted by atomic mass is 32.2. The Morgan fingerprint density at radius 2 is 2.00 bits per heavy atom. The molecule has 0 N–H and O–H groups in total. The van der Waals surface area contributed by atoms with E-state index in [2.05, 4.69) is 31.2 Å². The largest absolute Gasteiger partial charge is 0.385 e. The van der Waals surface area contributed by atoms with Crippen LogP contribution in [0.5, 0.6) is 0 Å². The maximum Gasteiger partial charge on any atom is 0.145 e. The third kappa shape index (κ3) is 5.37. The van der Waals surface area contributed by atoms with E-state index in [4.69, 9.17) is 4.74 Å². The number of hydrogen-bond donors (Lipinski definition) is 0. The number of ketones is 1. The zero-order valence-electron chi connectivity index (χ0n) is 10.7. The molecule has 94 valence electrons. The molecule has 17 heavy (non-hydrogen) atoms. The van der Waals surface area contributed by atoms with Crippen LogP contribution in [0.4, 0.5) is 0 Å². The number of carbonyl (C=O) groups excluding carboxylic acids is 1. The molecule has 0 fully saturated rings. The number of aryl methyl sites for hydroxylation is 1. The van der Waals surface area contributed by atoms with Crippen molar-refractivity contribution in [1.82, 2.24) is 0 Å². The van der Waals surface area contributed by atoms with Crippen LogP contribution in [0.3, 0.4) is 0 Å². The van der Waals surface area contributed by atoms with Crippen molar-refractivity contribution in [2.75, 3.05) is 19.5 Å². The van der Waals surface area contributed by atoms with E-state index in [1.165, 1.54) is 5.56 Å². The van der Waals surface area contributed by atoms with Gasteiger partial charge in [0.05, 0.1) is 5.75 Å². The fourth-order valence-electron chi connectivity index (χ4n) is 1.39. The van der Waals surface area contributed by atoms with Crippen LogP contribution in [0.25, 0.3) is 0 Å². The lowest BCUT2D eigenvalue weighted by Crippen LogP contribution is -2.15. The molecule has 0 aromatic heterocycles. The molecule has 0 heterocycles. The number of carbonyl (C=O) groups is 1. The highest BCUT2D eigenvalue weighted by molar-refractivity contribution is 8.00. The molecule has 0 radical (unpaired) electrons. The normalized spacial score (nSPS) is 12.4. The zero-order chi connectivity index (χ0) is 12.7. The van der Waals surface area contributed by atoms with E-state index < -0.39 is 0 Å². The van der Waals surface area contributed by atoms with Gasteiger partial charge < -0.3 is 4.74 Å². The monoisotopic (exact) mass is 252 g/mol. The Labute approximate surface area is 108 Å². The van der Waals surface area contributed by atoms with Crippen molar-refractivity contribution < 1.29 is 9.53 Å². The number of thioether (sulfide) groups is 1. The Morgan fingerprint density at radius 1 is 1.35 bits per heavy atom.